The van der Waals surface area contributed by atoms with Crippen molar-refractivity contribution in [2.75, 3.05) is 16.9 Å². The summed E-state index contributed by atoms with van der Waals surface area (Å²) in [6.45, 7) is 0. The Morgan fingerprint density at radius 2 is 1.96 bits per heavy atom. The van der Waals surface area contributed by atoms with Crippen LogP contribution in [0.15, 0.2) is 36.4 Å². The Morgan fingerprint density at radius 1 is 1.23 bits per heavy atom. The topological polar surface area (TPSA) is 86.1 Å². The first-order chi connectivity index (χ1) is 12.5. The number of nitriles is 1. The molecule has 1 aliphatic heterocycles. The highest BCUT2D eigenvalue weighted by Crippen LogP contribution is 2.27. The van der Waals surface area contributed by atoms with E-state index >= 15 is 0 Å². The second kappa shape index (κ2) is 7.96. The summed E-state index contributed by atoms with van der Waals surface area (Å²) in [4.78, 5) is 30.7. The van der Waals surface area contributed by atoms with Crippen molar-refractivity contribution in [1.29, 1.82) is 5.26 Å². The van der Waals surface area contributed by atoms with Gasteiger partial charge in [0.15, 0.2) is 0 Å². The lowest BCUT2D eigenvalue weighted by atomic mass is 10.2. The molecule has 1 N–H and O–H groups in total. The number of pyridine rings is 1. The zero-order chi connectivity index (χ0) is 18.7. The molecule has 0 aliphatic carbocycles. The van der Waals surface area contributed by atoms with E-state index in [0.29, 0.717) is 22.9 Å². The number of rotatable bonds is 3. The molecule has 3 rings (SSSR count). The second-order valence-corrected chi connectivity index (χ2v) is 7.19. The van der Waals surface area contributed by atoms with Gasteiger partial charge in [-0.1, -0.05) is 23.2 Å². The van der Waals surface area contributed by atoms with Crippen LogP contribution in [0.3, 0.4) is 0 Å². The van der Waals surface area contributed by atoms with Crippen LogP contribution in [0.5, 0.6) is 0 Å². The number of nitrogens with one attached hydrogen (secondary N) is 1. The fourth-order valence-corrected chi connectivity index (χ4v) is 4.02. The molecule has 1 fully saturated rings. The highest BCUT2D eigenvalue weighted by atomic mass is 35.5. The van der Waals surface area contributed by atoms with Gasteiger partial charge in [0.25, 0.3) is 5.91 Å². The summed E-state index contributed by atoms with van der Waals surface area (Å²) in [5.41, 5.74) is 1.26. The Labute approximate surface area is 164 Å². The Balaban J connectivity index is 1.75. The standard InChI is InChI=1S/C17H12Cl2N4O2S/c18-14-6-5-12(15(19)22-14)17(25)23-9-26-8-13(23)16(24)21-11-3-1-10(7-20)2-4-11/h1-6,13H,8-9H2,(H,21,24). The van der Waals surface area contributed by atoms with Crippen molar-refractivity contribution in [3.63, 3.8) is 0 Å². The van der Waals surface area contributed by atoms with Gasteiger partial charge in [0.05, 0.1) is 23.1 Å². The first kappa shape index (κ1) is 18.5. The summed E-state index contributed by atoms with van der Waals surface area (Å²) in [6.07, 6.45) is 0. The third-order valence-electron chi connectivity index (χ3n) is 3.77. The van der Waals surface area contributed by atoms with Crippen molar-refractivity contribution < 1.29 is 9.59 Å². The summed E-state index contributed by atoms with van der Waals surface area (Å²) in [6, 6.07) is 10.9. The predicted octanol–water partition coefficient (Wildman–Crippen LogP) is 3.41. The van der Waals surface area contributed by atoms with E-state index < -0.39 is 6.04 Å². The summed E-state index contributed by atoms with van der Waals surface area (Å²) in [7, 11) is 0. The molecule has 2 heterocycles. The molecule has 6 nitrogen and oxygen atoms in total. The van der Waals surface area contributed by atoms with Crippen LogP contribution in [-0.4, -0.2) is 39.4 Å². The smallest absolute Gasteiger partial charge is 0.258 e. The van der Waals surface area contributed by atoms with Gasteiger partial charge < -0.3 is 10.2 Å². The molecule has 0 bridgehead atoms. The number of hydrogen-bond donors (Lipinski definition) is 1. The molecule has 26 heavy (non-hydrogen) atoms. The minimum atomic E-state index is -0.630. The number of thioether (sulfide) groups is 1. The number of hydrogen-bond acceptors (Lipinski definition) is 5. The van der Waals surface area contributed by atoms with Crippen LogP contribution < -0.4 is 5.32 Å². The lowest BCUT2D eigenvalue weighted by Gasteiger charge is -2.23. The average Bonchev–Trinajstić information content (AvgIpc) is 3.12. The van der Waals surface area contributed by atoms with E-state index in [0.717, 1.165) is 0 Å². The largest absolute Gasteiger partial charge is 0.324 e. The van der Waals surface area contributed by atoms with Gasteiger partial charge in [-0.2, -0.15) is 5.26 Å². The molecule has 0 spiro atoms. The normalized spacial score (nSPS) is 16.2. The Bertz CT molecular complexity index is 899. The molecule has 9 heteroatoms. The van der Waals surface area contributed by atoms with E-state index in [9.17, 15) is 9.59 Å². The van der Waals surface area contributed by atoms with E-state index in [1.54, 1.807) is 24.3 Å². The third-order valence-corrected chi connectivity index (χ3v) is 5.28. The quantitative estimate of drug-likeness (QED) is 0.789. The molecular formula is C17H12Cl2N4O2S. The zero-order valence-corrected chi connectivity index (χ0v) is 15.6. The van der Waals surface area contributed by atoms with Crippen molar-refractivity contribution >= 4 is 52.5 Å². The highest BCUT2D eigenvalue weighted by molar-refractivity contribution is 7.99. The maximum Gasteiger partial charge on any atom is 0.258 e. The molecule has 2 aromatic rings. The van der Waals surface area contributed by atoms with Gasteiger partial charge in [0.1, 0.15) is 16.3 Å². The van der Waals surface area contributed by atoms with Crippen molar-refractivity contribution in [2.45, 2.75) is 6.04 Å². The molecule has 2 amide bonds. The van der Waals surface area contributed by atoms with Gasteiger partial charge in [-0.05, 0) is 36.4 Å². The van der Waals surface area contributed by atoms with Crippen LogP contribution in [0.25, 0.3) is 0 Å². The molecule has 1 atom stereocenters. The van der Waals surface area contributed by atoms with E-state index in [2.05, 4.69) is 10.3 Å². The van der Waals surface area contributed by atoms with Crippen molar-refractivity contribution in [3.05, 3.63) is 57.8 Å². The Kier molecular flexibility index (Phi) is 5.67. The van der Waals surface area contributed by atoms with E-state index in [1.807, 2.05) is 6.07 Å². The Hall–Kier alpha value is -2.27. The molecule has 1 unspecified atom stereocenters. The number of carbonyl (C=O) groups is 2. The van der Waals surface area contributed by atoms with Gasteiger partial charge in [0.2, 0.25) is 5.91 Å². The van der Waals surface area contributed by atoms with Crippen molar-refractivity contribution in [1.82, 2.24) is 9.88 Å². The predicted molar refractivity (Wildman–Crippen MR) is 101 cm³/mol. The monoisotopic (exact) mass is 406 g/mol. The number of nitrogens with zero attached hydrogens (tertiary/aromatic N) is 3. The molecule has 1 aliphatic rings. The maximum absolute atomic E-state index is 12.8. The molecular weight excluding hydrogens is 395 g/mol. The van der Waals surface area contributed by atoms with E-state index in [-0.39, 0.29) is 27.7 Å². The fourth-order valence-electron chi connectivity index (χ4n) is 2.44. The van der Waals surface area contributed by atoms with Gasteiger partial charge in [-0.15, -0.1) is 11.8 Å². The molecule has 132 valence electrons. The number of halogens is 2. The first-order valence-electron chi connectivity index (χ1n) is 7.51. The first-order valence-corrected chi connectivity index (χ1v) is 9.42. The van der Waals surface area contributed by atoms with Crippen LogP contribution >= 0.6 is 35.0 Å². The molecule has 1 aromatic carbocycles. The number of anilines is 1. The zero-order valence-electron chi connectivity index (χ0n) is 13.3. The van der Waals surface area contributed by atoms with E-state index in [1.165, 1.54) is 28.8 Å². The van der Waals surface area contributed by atoms with Gasteiger partial charge >= 0.3 is 0 Å². The van der Waals surface area contributed by atoms with Crippen LogP contribution in [0.1, 0.15) is 15.9 Å². The van der Waals surface area contributed by atoms with Gasteiger partial charge in [0, 0.05) is 11.4 Å². The van der Waals surface area contributed by atoms with Crippen molar-refractivity contribution in [3.8, 4) is 6.07 Å². The van der Waals surface area contributed by atoms with Crippen molar-refractivity contribution in [2.24, 2.45) is 0 Å². The second-order valence-electron chi connectivity index (χ2n) is 5.44. The third kappa shape index (κ3) is 3.93. The SMILES string of the molecule is N#Cc1ccc(NC(=O)C2CSCN2C(=O)c2ccc(Cl)nc2Cl)cc1. The van der Waals surface area contributed by atoms with Crippen LogP contribution in [-0.2, 0) is 4.79 Å². The summed E-state index contributed by atoms with van der Waals surface area (Å²) in [5.74, 6) is 0.186. The van der Waals surface area contributed by atoms with Gasteiger partial charge in [-0.3, -0.25) is 9.59 Å². The van der Waals surface area contributed by atoms with Crippen LogP contribution in [0, 0.1) is 11.3 Å². The minimum absolute atomic E-state index is 0.00523. The molecule has 1 saturated heterocycles. The van der Waals surface area contributed by atoms with Gasteiger partial charge in [-0.25, -0.2) is 4.98 Å². The summed E-state index contributed by atoms with van der Waals surface area (Å²) >= 11 is 13.3. The average molecular weight is 407 g/mol. The number of aromatic nitrogens is 1. The summed E-state index contributed by atoms with van der Waals surface area (Å²) in [5, 5.41) is 11.8. The highest BCUT2D eigenvalue weighted by Gasteiger charge is 2.36. The number of amides is 2. The minimum Gasteiger partial charge on any atom is -0.324 e. The fraction of sp³-hybridized carbons (Fsp3) is 0.176. The van der Waals surface area contributed by atoms with E-state index in [4.69, 9.17) is 28.5 Å². The molecule has 0 radical (unpaired) electrons. The molecule has 0 saturated carbocycles. The lowest BCUT2D eigenvalue weighted by molar-refractivity contribution is -0.119. The summed E-state index contributed by atoms with van der Waals surface area (Å²) < 4.78 is 0. The maximum atomic E-state index is 12.8. The Morgan fingerprint density at radius 3 is 2.62 bits per heavy atom. The number of benzene rings is 1. The lowest BCUT2D eigenvalue weighted by Crippen LogP contribution is -2.44. The van der Waals surface area contributed by atoms with Crippen LogP contribution in [0.4, 0.5) is 5.69 Å². The molecule has 1 aromatic heterocycles. The number of carbonyl (C=O) groups excluding carboxylic acids is 2. The van der Waals surface area contributed by atoms with Crippen LogP contribution in [0.2, 0.25) is 10.3 Å².